The lowest BCUT2D eigenvalue weighted by Gasteiger charge is -2.24. The predicted molar refractivity (Wildman–Crippen MR) is 160 cm³/mol. The van der Waals surface area contributed by atoms with E-state index in [-0.39, 0.29) is 10.8 Å². The van der Waals surface area contributed by atoms with Crippen LogP contribution in [-0.2, 0) is 14.8 Å². The summed E-state index contributed by atoms with van der Waals surface area (Å²) in [6.07, 6.45) is 7.01. The molecule has 1 aromatic heterocycles. The van der Waals surface area contributed by atoms with Crippen LogP contribution >= 0.6 is 0 Å². The summed E-state index contributed by atoms with van der Waals surface area (Å²) in [6.45, 7) is 3.38. The van der Waals surface area contributed by atoms with Gasteiger partial charge in [-0.25, -0.2) is 17.4 Å². The van der Waals surface area contributed by atoms with Crippen molar-refractivity contribution < 1.29 is 13.2 Å². The van der Waals surface area contributed by atoms with Gasteiger partial charge < -0.3 is 0 Å². The molecule has 0 saturated carbocycles. The van der Waals surface area contributed by atoms with E-state index in [0.717, 1.165) is 16.7 Å². The molecule has 1 amide bonds. The molecule has 0 aliphatic carbocycles. The molecule has 6 nitrogen and oxygen atoms in total. The first-order valence-electron chi connectivity index (χ1n) is 12.9. The number of hydrazone groups is 1. The van der Waals surface area contributed by atoms with Crippen molar-refractivity contribution in [3.63, 3.8) is 0 Å². The minimum Gasteiger partial charge on any atom is -0.273 e. The topological polar surface area (TPSA) is 71.7 Å². The van der Waals surface area contributed by atoms with Crippen LogP contribution in [0.15, 0.2) is 131 Å². The van der Waals surface area contributed by atoms with Crippen molar-refractivity contribution in [1.82, 2.24) is 8.98 Å². The first kappa shape index (κ1) is 26.8. The lowest BCUT2D eigenvalue weighted by molar-refractivity contribution is -0.130. The average molecular weight is 548 g/mol. The van der Waals surface area contributed by atoms with E-state index in [1.165, 1.54) is 15.9 Å². The summed E-state index contributed by atoms with van der Waals surface area (Å²) in [6, 6.07) is 33.1. The first-order chi connectivity index (χ1) is 19.3. The quantitative estimate of drug-likeness (QED) is 0.158. The van der Waals surface area contributed by atoms with Gasteiger partial charge in [-0.1, -0.05) is 109 Å². The minimum atomic E-state index is -3.85. The molecule has 0 unspecified atom stereocenters. The summed E-state index contributed by atoms with van der Waals surface area (Å²) in [7, 11) is -3.85. The van der Waals surface area contributed by atoms with Crippen molar-refractivity contribution in [2.75, 3.05) is 0 Å². The van der Waals surface area contributed by atoms with Crippen molar-refractivity contribution in [3.05, 3.63) is 144 Å². The normalized spacial score (nSPS) is 12.8. The van der Waals surface area contributed by atoms with Crippen LogP contribution in [0.3, 0.4) is 0 Å². The third kappa shape index (κ3) is 5.65. The molecule has 0 radical (unpaired) electrons. The fourth-order valence-electron chi connectivity index (χ4n) is 4.52. The number of rotatable bonds is 8. The van der Waals surface area contributed by atoms with Gasteiger partial charge >= 0.3 is 0 Å². The highest BCUT2D eigenvalue weighted by molar-refractivity contribution is 7.90. The molecule has 200 valence electrons. The van der Waals surface area contributed by atoms with Gasteiger partial charge in [-0.15, -0.1) is 0 Å². The fraction of sp³-hybridized carbons (Fsp3) is 0.0909. The summed E-state index contributed by atoms with van der Waals surface area (Å²) in [5, 5.41) is 6.73. The molecule has 0 aliphatic heterocycles. The number of nitrogens with zero attached hydrogens (tertiary/aromatic N) is 3. The molecule has 0 bridgehead atoms. The molecule has 40 heavy (non-hydrogen) atoms. The minimum absolute atomic E-state index is 0.197. The third-order valence-electron chi connectivity index (χ3n) is 6.61. The number of carbonyl (C=O) groups excluding carboxylic acids is 1. The number of benzene rings is 4. The Hall–Kier alpha value is -4.75. The van der Waals surface area contributed by atoms with E-state index in [9.17, 15) is 13.2 Å². The third-order valence-corrected chi connectivity index (χ3v) is 8.29. The second kappa shape index (κ2) is 11.6. The van der Waals surface area contributed by atoms with Gasteiger partial charge in [-0.2, -0.15) is 5.10 Å². The summed E-state index contributed by atoms with van der Waals surface area (Å²) in [4.78, 5) is 13.1. The number of carbonyl (C=O) groups is 1. The van der Waals surface area contributed by atoms with E-state index in [2.05, 4.69) is 5.10 Å². The smallest absolute Gasteiger partial charge is 0.268 e. The van der Waals surface area contributed by atoms with Gasteiger partial charge in [0.15, 0.2) is 0 Å². The van der Waals surface area contributed by atoms with E-state index >= 15 is 0 Å². The highest BCUT2D eigenvalue weighted by atomic mass is 32.2. The zero-order valence-electron chi connectivity index (χ0n) is 22.3. The Morgan fingerprint density at radius 3 is 2.15 bits per heavy atom. The van der Waals surface area contributed by atoms with Crippen molar-refractivity contribution in [1.29, 1.82) is 0 Å². The monoisotopic (exact) mass is 547 g/mol. The zero-order valence-corrected chi connectivity index (χ0v) is 23.1. The van der Waals surface area contributed by atoms with E-state index in [0.29, 0.717) is 16.5 Å². The average Bonchev–Trinajstić information content (AvgIpc) is 3.35. The lowest BCUT2D eigenvalue weighted by Crippen LogP contribution is -2.27. The Bertz CT molecular complexity index is 1790. The van der Waals surface area contributed by atoms with Gasteiger partial charge in [0.25, 0.3) is 10.0 Å². The van der Waals surface area contributed by atoms with Gasteiger partial charge in [0, 0.05) is 24.1 Å². The maximum atomic E-state index is 13.6. The molecule has 0 N–H and O–H groups in total. The SMILES string of the molecule is CC(=O)N(/N=C/c1cn(S(=O)(=O)c2ccc(C)cc2)c2ccccc12)[C@@H](/C=C/c1ccccc1)c1ccccc1. The maximum absolute atomic E-state index is 13.6. The number of aromatic nitrogens is 1. The highest BCUT2D eigenvalue weighted by Gasteiger charge is 2.23. The number of hydrogen-bond donors (Lipinski definition) is 0. The molecular weight excluding hydrogens is 518 g/mol. The van der Waals surface area contributed by atoms with Gasteiger partial charge in [-0.3, -0.25) is 4.79 Å². The summed E-state index contributed by atoms with van der Waals surface area (Å²) >= 11 is 0. The number of para-hydroxylation sites is 1. The molecule has 4 aromatic carbocycles. The van der Waals surface area contributed by atoms with Crippen LogP contribution in [-0.4, -0.2) is 29.5 Å². The Labute approximate surface area is 234 Å². The molecule has 7 heteroatoms. The molecule has 0 saturated heterocycles. The van der Waals surface area contributed by atoms with Crippen LogP contribution in [0.2, 0.25) is 0 Å². The van der Waals surface area contributed by atoms with Crippen LogP contribution in [0.4, 0.5) is 0 Å². The highest BCUT2D eigenvalue weighted by Crippen LogP contribution is 2.27. The van der Waals surface area contributed by atoms with Gasteiger partial charge in [-0.05, 0) is 36.2 Å². The number of hydrogen-bond acceptors (Lipinski definition) is 4. The Balaban J connectivity index is 1.57. The maximum Gasteiger partial charge on any atom is 0.268 e. The van der Waals surface area contributed by atoms with Crippen LogP contribution in [0.5, 0.6) is 0 Å². The molecule has 5 rings (SSSR count). The first-order valence-corrected chi connectivity index (χ1v) is 14.3. The summed E-state index contributed by atoms with van der Waals surface area (Å²) < 4.78 is 28.4. The second-order valence-electron chi connectivity index (χ2n) is 9.45. The molecular formula is C33H29N3O3S. The van der Waals surface area contributed by atoms with Crippen LogP contribution in [0, 0.1) is 6.92 Å². The lowest BCUT2D eigenvalue weighted by atomic mass is 10.0. The van der Waals surface area contributed by atoms with Gasteiger partial charge in [0.05, 0.1) is 22.7 Å². The summed E-state index contributed by atoms with van der Waals surface area (Å²) in [5.74, 6) is -0.251. The second-order valence-corrected chi connectivity index (χ2v) is 11.3. The molecule has 0 spiro atoms. The molecule has 1 atom stereocenters. The van der Waals surface area contributed by atoms with E-state index in [1.807, 2.05) is 91.9 Å². The van der Waals surface area contributed by atoms with Crippen molar-refractivity contribution in [2.45, 2.75) is 24.8 Å². The van der Waals surface area contributed by atoms with E-state index in [1.54, 1.807) is 48.8 Å². The van der Waals surface area contributed by atoms with Crippen molar-refractivity contribution in [2.24, 2.45) is 5.10 Å². The molecule has 5 aromatic rings. The predicted octanol–water partition coefficient (Wildman–Crippen LogP) is 6.82. The fourth-order valence-corrected chi connectivity index (χ4v) is 5.90. The van der Waals surface area contributed by atoms with Crippen molar-refractivity contribution >= 4 is 39.1 Å². The number of fused-ring (bicyclic) bond motifs is 1. The van der Waals surface area contributed by atoms with E-state index in [4.69, 9.17) is 0 Å². The molecule has 1 heterocycles. The van der Waals surface area contributed by atoms with Crippen LogP contribution < -0.4 is 0 Å². The molecule has 0 fully saturated rings. The number of aryl methyl sites for hydroxylation is 1. The largest absolute Gasteiger partial charge is 0.273 e. The Kier molecular flexibility index (Phi) is 7.75. The Morgan fingerprint density at radius 1 is 0.850 bits per heavy atom. The number of amides is 1. The molecule has 0 aliphatic rings. The van der Waals surface area contributed by atoms with Crippen LogP contribution in [0.25, 0.3) is 17.0 Å². The zero-order chi connectivity index (χ0) is 28.1. The van der Waals surface area contributed by atoms with Crippen LogP contribution in [0.1, 0.15) is 35.2 Å². The standard InChI is InChI=1S/C33H29N3O3S/c1-25-17-20-30(21-18-25)40(38,39)35-24-29(31-15-9-10-16-33(31)35)23-34-36(26(2)37)32(28-13-7-4-8-14-28)22-19-27-11-5-3-6-12-27/h3-24,32H,1-2H3/b22-19+,34-23+/t32-/m0/s1. The summed E-state index contributed by atoms with van der Waals surface area (Å²) in [5.41, 5.74) is 3.98. The Morgan fingerprint density at radius 2 is 1.48 bits per heavy atom. The van der Waals surface area contributed by atoms with E-state index < -0.39 is 16.1 Å². The van der Waals surface area contributed by atoms with Gasteiger partial charge in [0.1, 0.15) is 0 Å². The van der Waals surface area contributed by atoms with Gasteiger partial charge in [0.2, 0.25) is 5.91 Å². The van der Waals surface area contributed by atoms with Crippen molar-refractivity contribution in [3.8, 4) is 0 Å².